The molecule has 0 saturated heterocycles. The molecule has 8 nitrogen and oxygen atoms in total. The third kappa shape index (κ3) is 43.0. The van der Waals surface area contributed by atoms with Crippen molar-refractivity contribution in [2.75, 3.05) is 41.0 Å². The van der Waals surface area contributed by atoms with Crippen molar-refractivity contribution >= 4 is 17.9 Å². The summed E-state index contributed by atoms with van der Waals surface area (Å²) in [7, 11) is 5.50. The first kappa shape index (κ1) is 59.0. The van der Waals surface area contributed by atoms with E-state index in [4.69, 9.17) is 14.2 Å². The largest absolute Gasteiger partial charge is 0.477 e. The van der Waals surface area contributed by atoms with E-state index in [0.29, 0.717) is 19.3 Å². The summed E-state index contributed by atoms with van der Waals surface area (Å²) in [4.78, 5) is 37.1. The molecule has 0 aromatic rings. The number of hydrogen-bond acceptors (Lipinski definition) is 6. The van der Waals surface area contributed by atoms with Crippen LogP contribution < -0.4 is 0 Å². The van der Waals surface area contributed by atoms with Gasteiger partial charge >= 0.3 is 17.9 Å². The van der Waals surface area contributed by atoms with Gasteiger partial charge in [0.2, 0.25) is 0 Å². The lowest BCUT2D eigenvalue weighted by Crippen LogP contribution is -2.50. The van der Waals surface area contributed by atoms with Gasteiger partial charge in [0.25, 0.3) is 0 Å². The van der Waals surface area contributed by atoms with Crippen LogP contribution in [0, 0.1) is 0 Å². The molecule has 356 valence electrons. The molecule has 0 aliphatic carbocycles. The van der Waals surface area contributed by atoms with Crippen molar-refractivity contribution in [2.45, 2.75) is 180 Å². The Morgan fingerprint density at radius 1 is 0.492 bits per heavy atom. The van der Waals surface area contributed by atoms with E-state index < -0.39 is 18.1 Å². The van der Waals surface area contributed by atoms with Crippen LogP contribution >= 0.6 is 0 Å². The standard InChI is InChI=1S/C55H89NO7/c1-6-8-10-12-14-16-18-20-22-24-26-27-28-30-32-34-36-38-40-42-44-46-54(58)63-51(49-61-48-47-52(55(59)60)56(3,4)5)50-62-53(57)45-43-41-39-37-35-33-31-29-25-23-21-19-17-15-13-11-9-7-2/h11,13-17,19-23,25-27,29-32,51-52H,6-10,12,18,24,28,33-50H2,1-5H3/p+1/b13-11+,16-14+,17-15+,21-19+,22-20+,25-23+,27-26+,31-29+,32-30+. The van der Waals surface area contributed by atoms with Crippen molar-refractivity contribution in [2.24, 2.45) is 0 Å². The van der Waals surface area contributed by atoms with Crippen LogP contribution in [0.1, 0.15) is 168 Å². The minimum atomic E-state index is -0.887. The van der Waals surface area contributed by atoms with E-state index in [-0.39, 0.29) is 36.2 Å². The first-order chi connectivity index (χ1) is 30.6. The van der Waals surface area contributed by atoms with Gasteiger partial charge in [0, 0.05) is 19.3 Å². The number of aliphatic carboxylic acids is 1. The van der Waals surface area contributed by atoms with Crippen molar-refractivity contribution in [3.8, 4) is 0 Å². The van der Waals surface area contributed by atoms with Crippen LogP contribution in [0.3, 0.4) is 0 Å². The number of unbranched alkanes of at least 4 members (excludes halogenated alkanes) is 14. The summed E-state index contributed by atoms with van der Waals surface area (Å²) in [5.74, 6) is -1.54. The Balaban J connectivity index is 4.41. The monoisotopic (exact) mass is 877 g/mol. The number of carboxylic acid groups (broad SMARTS) is 1. The third-order valence-electron chi connectivity index (χ3n) is 10.3. The highest BCUT2D eigenvalue weighted by Gasteiger charge is 2.31. The highest BCUT2D eigenvalue weighted by Crippen LogP contribution is 2.13. The number of ether oxygens (including phenoxy) is 3. The van der Waals surface area contributed by atoms with Gasteiger partial charge in [0.1, 0.15) is 6.61 Å². The molecule has 0 saturated carbocycles. The summed E-state index contributed by atoms with van der Waals surface area (Å²) in [6.45, 7) is 4.56. The molecule has 2 unspecified atom stereocenters. The fourth-order valence-electron chi connectivity index (χ4n) is 6.46. The average Bonchev–Trinajstić information content (AvgIpc) is 3.24. The van der Waals surface area contributed by atoms with Crippen molar-refractivity contribution in [3.05, 3.63) is 109 Å². The molecule has 0 spiro atoms. The molecule has 63 heavy (non-hydrogen) atoms. The number of quaternary nitrogens is 1. The van der Waals surface area contributed by atoms with E-state index in [1.54, 1.807) is 0 Å². The van der Waals surface area contributed by atoms with Crippen LogP contribution in [0.25, 0.3) is 0 Å². The second-order valence-electron chi connectivity index (χ2n) is 17.1. The van der Waals surface area contributed by atoms with E-state index in [0.717, 1.165) is 103 Å². The lowest BCUT2D eigenvalue weighted by Gasteiger charge is -2.31. The molecule has 0 bridgehead atoms. The number of allylic oxidation sites excluding steroid dienone is 18. The Hall–Kier alpha value is -4.01. The second kappa shape index (κ2) is 44.6. The van der Waals surface area contributed by atoms with E-state index >= 15 is 0 Å². The number of hydrogen-bond donors (Lipinski definition) is 1. The van der Waals surface area contributed by atoms with Crippen molar-refractivity contribution in [1.82, 2.24) is 0 Å². The Labute approximate surface area is 385 Å². The fraction of sp³-hybridized carbons (Fsp3) is 0.618. The summed E-state index contributed by atoms with van der Waals surface area (Å²) in [6, 6.07) is -0.630. The van der Waals surface area contributed by atoms with E-state index in [2.05, 4.69) is 86.8 Å². The molecule has 0 aromatic heterocycles. The lowest BCUT2D eigenvalue weighted by atomic mass is 10.1. The van der Waals surface area contributed by atoms with Crippen LogP contribution in [0.5, 0.6) is 0 Å². The van der Waals surface area contributed by atoms with Gasteiger partial charge in [-0.25, -0.2) is 4.79 Å². The molecule has 0 aliphatic rings. The molecule has 8 heteroatoms. The third-order valence-corrected chi connectivity index (χ3v) is 10.3. The molecule has 0 fully saturated rings. The zero-order chi connectivity index (χ0) is 46.3. The predicted octanol–water partition coefficient (Wildman–Crippen LogP) is 14.0. The zero-order valence-corrected chi connectivity index (χ0v) is 40.5. The van der Waals surface area contributed by atoms with E-state index in [1.165, 1.54) is 32.1 Å². The van der Waals surface area contributed by atoms with Gasteiger partial charge in [0.15, 0.2) is 12.1 Å². The molecule has 0 aromatic carbocycles. The highest BCUT2D eigenvalue weighted by atomic mass is 16.6. The fourth-order valence-corrected chi connectivity index (χ4v) is 6.46. The number of carbonyl (C=O) groups is 3. The summed E-state index contributed by atoms with van der Waals surface area (Å²) in [5.41, 5.74) is 0. The van der Waals surface area contributed by atoms with Crippen molar-refractivity contribution < 1.29 is 38.2 Å². The topological polar surface area (TPSA) is 99.1 Å². The van der Waals surface area contributed by atoms with Crippen LogP contribution in [-0.4, -0.2) is 80.6 Å². The van der Waals surface area contributed by atoms with Crippen LogP contribution in [0.2, 0.25) is 0 Å². The Morgan fingerprint density at radius 3 is 1.44 bits per heavy atom. The quantitative estimate of drug-likeness (QED) is 0.0214. The molecule has 0 aliphatic heterocycles. The van der Waals surface area contributed by atoms with E-state index in [1.807, 2.05) is 57.6 Å². The molecule has 0 rings (SSSR count). The van der Waals surface area contributed by atoms with E-state index in [9.17, 15) is 19.5 Å². The van der Waals surface area contributed by atoms with Crippen molar-refractivity contribution in [1.29, 1.82) is 0 Å². The number of carbonyl (C=O) groups excluding carboxylic acids is 2. The van der Waals surface area contributed by atoms with Gasteiger partial charge in [0.05, 0.1) is 34.4 Å². The zero-order valence-electron chi connectivity index (χ0n) is 40.5. The Bertz CT molecular complexity index is 1390. The normalized spacial score (nSPS) is 13.9. The molecular formula is C55H90NO7+. The molecular weight excluding hydrogens is 787 g/mol. The van der Waals surface area contributed by atoms with Crippen molar-refractivity contribution in [3.63, 3.8) is 0 Å². The maximum Gasteiger partial charge on any atom is 0.362 e. The van der Waals surface area contributed by atoms with Crippen LogP contribution in [0.15, 0.2) is 109 Å². The summed E-state index contributed by atoms with van der Waals surface area (Å²) in [6.07, 6.45) is 61.2. The first-order valence-corrected chi connectivity index (χ1v) is 24.5. The Morgan fingerprint density at radius 2 is 0.937 bits per heavy atom. The van der Waals surface area contributed by atoms with Gasteiger partial charge in [-0.15, -0.1) is 0 Å². The summed E-state index contributed by atoms with van der Waals surface area (Å²) >= 11 is 0. The first-order valence-electron chi connectivity index (χ1n) is 24.5. The van der Waals surface area contributed by atoms with Gasteiger partial charge in [-0.3, -0.25) is 9.59 Å². The lowest BCUT2D eigenvalue weighted by molar-refractivity contribution is -0.887. The second-order valence-corrected chi connectivity index (χ2v) is 17.1. The minimum Gasteiger partial charge on any atom is -0.477 e. The molecule has 0 amide bonds. The number of carboxylic acids is 1. The molecule has 1 N–H and O–H groups in total. The van der Waals surface area contributed by atoms with Gasteiger partial charge in [-0.05, 0) is 77.0 Å². The molecule has 2 atom stereocenters. The predicted molar refractivity (Wildman–Crippen MR) is 266 cm³/mol. The smallest absolute Gasteiger partial charge is 0.362 e. The Kier molecular flexibility index (Phi) is 41.8. The average molecular weight is 877 g/mol. The number of esters is 2. The van der Waals surface area contributed by atoms with Gasteiger partial charge in [-0.1, -0.05) is 181 Å². The number of likely N-dealkylation sites (N-methyl/N-ethyl adjacent to an activating group) is 1. The summed E-state index contributed by atoms with van der Waals surface area (Å²) < 4.78 is 17.3. The number of nitrogens with zero attached hydrogens (tertiary/aromatic N) is 1. The van der Waals surface area contributed by atoms with Crippen LogP contribution in [-0.2, 0) is 28.6 Å². The van der Waals surface area contributed by atoms with Crippen LogP contribution in [0.4, 0.5) is 0 Å². The SMILES string of the molecule is CCC/C=C/C=C/C=C/C=C/C=C/CCCCCCCC(=O)OCC(COCCC(C(=O)O)[N+](C)(C)C)OC(=O)CCCCCCC/C=C/C/C=C/C/C=C/C/C=C/CCCCC. The minimum absolute atomic E-state index is 0.0370. The van der Waals surface area contributed by atoms with Gasteiger partial charge in [-0.2, -0.15) is 0 Å². The van der Waals surface area contributed by atoms with Gasteiger partial charge < -0.3 is 23.8 Å². The molecule has 0 heterocycles. The maximum absolute atomic E-state index is 12.8. The highest BCUT2D eigenvalue weighted by molar-refractivity contribution is 5.72. The maximum atomic E-state index is 12.8. The summed E-state index contributed by atoms with van der Waals surface area (Å²) in [5, 5.41) is 9.65. The molecule has 0 radical (unpaired) electrons. The number of rotatable bonds is 42.